The van der Waals surface area contributed by atoms with Crippen molar-refractivity contribution in [2.75, 3.05) is 11.4 Å². The van der Waals surface area contributed by atoms with Gasteiger partial charge in [-0.1, -0.05) is 0 Å². The molecule has 1 aliphatic rings. The number of nitrogens with zero attached hydrogens (tertiary/aromatic N) is 1. The minimum atomic E-state index is -1.21. The molecule has 0 fully saturated rings. The highest BCUT2D eigenvalue weighted by Crippen LogP contribution is 2.30. The largest absolute Gasteiger partial charge is 0.304 e. The van der Waals surface area contributed by atoms with E-state index in [1.807, 2.05) is 5.43 Å². The molecule has 0 saturated carbocycles. The van der Waals surface area contributed by atoms with Crippen molar-refractivity contribution in [1.29, 1.82) is 0 Å². The maximum atomic E-state index is 13.1. The highest BCUT2D eigenvalue weighted by molar-refractivity contribution is 6.52. The van der Waals surface area contributed by atoms with Gasteiger partial charge in [-0.05, 0) is 6.07 Å². The molecule has 0 spiro atoms. The molecule has 100 valence electrons. The van der Waals surface area contributed by atoms with Crippen molar-refractivity contribution in [2.24, 2.45) is 5.84 Å². The van der Waals surface area contributed by atoms with E-state index in [1.54, 1.807) is 0 Å². The summed E-state index contributed by atoms with van der Waals surface area (Å²) in [5, 5.41) is 0. The lowest BCUT2D eigenvalue weighted by Gasteiger charge is -2.15. The van der Waals surface area contributed by atoms with Crippen molar-refractivity contribution in [2.45, 2.75) is 6.42 Å². The number of carbonyl (C=O) groups excluding carboxylic acids is 3. The van der Waals surface area contributed by atoms with E-state index in [0.717, 1.165) is 11.0 Å². The molecule has 0 radical (unpaired) electrons. The van der Waals surface area contributed by atoms with E-state index in [1.165, 1.54) is 0 Å². The van der Waals surface area contributed by atoms with Gasteiger partial charge in [0, 0.05) is 19.0 Å². The molecule has 1 aromatic carbocycles. The van der Waals surface area contributed by atoms with Gasteiger partial charge in [-0.25, -0.2) is 14.6 Å². The average Bonchev–Trinajstić information content (AvgIpc) is 2.61. The fraction of sp³-hybridized carbons (Fsp3) is 0.182. The SMILES string of the molecule is NNC(=O)CCN1C(=O)C(=O)c2cc(F)c(F)cc21. The topological polar surface area (TPSA) is 92.5 Å². The summed E-state index contributed by atoms with van der Waals surface area (Å²) in [5.41, 5.74) is 1.61. The van der Waals surface area contributed by atoms with E-state index < -0.39 is 29.2 Å². The van der Waals surface area contributed by atoms with Gasteiger partial charge in [-0.15, -0.1) is 0 Å². The minimum absolute atomic E-state index is 0.0429. The predicted octanol–water partition coefficient (Wildman–Crippen LogP) is -0.126. The van der Waals surface area contributed by atoms with E-state index in [4.69, 9.17) is 5.84 Å². The van der Waals surface area contributed by atoms with Gasteiger partial charge in [-0.2, -0.15) is 0 Å². The molecule has 19 heavy (non-hydrogen) atoms. The number of hydrazine groups is 1. The van der Waals surface area contributed by atoms with Gasteiger partial charge in [0.25, 0.3) is 11.7 Å². The summed E-state index contributed by atoms with van der Waals surface area (Å²) in [6.07, 6.45) is -0.159. The Morgan fingerprint density at radius 2 is 1.89 bits per heavy atom. The second kappa shape index (κ2) is 4.73. The van der Waals surface area contributed by atoms with Gasteiger partial charge < -0.3 is 4.90 Å². The van der Waals surface area contributed by atoms with Crippen molar-refractivity contribution in [3.63, 3.8) is 0 Å². The van der Waals surface area contributed by atoms with Crippen LogP contribution in [0, 0.1) is 11.6 Å². The third-order valence-electron chi connectivity index (χ3n) is 2.74. The van der Waals surface area contributed by atoms with Crippen LogP contribution in [-0.4, -0.2) is 24.1 Å². The van der Waals surface area contributed by atoms with E-state index in [0.29, 0.717) is 6.07 Å². The molecular weight excluding hydrogens is 260 g/mol. The van der Waals surface area contributed by atoms with Gasteiger partial charge >= 0.3 is 0 Å². The Morgan fingerprint density at radius 3 is 2.53 bits per heavy atom. The van der Waals surface area contributed by atoms with Crippen LogP contribution in [0.3, 0.4) is 0 Å². The zero-order valence-electron chi connectivity index (χ0n) is 9.57. The monoisotopic (exact) mass is 269 g/mol. The molecular formula is C11H9F2N3O3. The molecule has 0 saturated heterocycles. The Labute approximate surface area is 106 Å². The number of amides is 2. The van der Waals surface area contributed by atoms with Crippen LogP contribution in [0.5, 0.6) is 0 Å². The Balaban J connectivity index is 2.33. The van der Waals surface area contributed by atoms with Crippen molar-refractivity contribution < 1.29 is 23.2 Å². The highest BCUT2D eigenvalue weighted by atomic mass is 19.2. The van der Waals surface area contributed by atoms with Gasteiger partial charge in [0.15, 0.2) is 11.6 Å². The molecule has 2 rings (SSSR count). The average molecular weight is 269 g/mol. The van der Waals surface area contributed by atoms with Crippen LogP contribution in [0.15, 0.2) is 12.1 Å². The van der Waals surface area contributed by atoms with Crippen LogP contribution >= 0.6 is 0 Å². The van der Waals surface area contributed by atoms with E-state index in [9.17, 15) is 23.2 Å². The Hall–Kier alpha value is -2.35. The molecule has 1 aromatic rings. The maximum Gasteiger partial charge on any atom is 0.299 e. The van der Waals surface area contributed by atoms with E-state index in [2.05, 4.69) is 0 Å². The molecule has 2 amide bonds. The Morgan fingerprint density at radius 1 is 1.26 bits per heavy atom. The lowest BCUT2D eigenvalue weighted by atomic mass is 10.1. The number of hydrogen-bond donors (Lipinski definition) is 2. The smallest absolute Gasteiger partial charge is 0.299 e. The number of halogens is 2. The maximum absolute atomic E-state index is 13.1. The summed E-state index contributed by atoms with van der Waals surface area (Å²) < 4.78 is 26.2. The predicted molar refractivity (Wildman–Crippen MR) is 60.0 cm³/mol. The van der Waals surface area contributed by atoms with Gasteiger partial charge in [0.1, 0.15) is 0 Å². The Kier molecular flexibility index (Phi) is 3.26. The third-order valence-corrected chi connectivity index (χ3v) is 2.74. The number of carbonyl (C=O) groups is 3. The molecule has 3 N–H and O–H groups in total. The third kappa shape index (κ3) is 2.17. The molecule has 0 aliphatic carbocycles. The van der Waals surface area contributed by atoms with Crippen molar-refractivity contribution in [3.8, 4) is 0 Å². The van der Waals surface area contributed by atoms with Gasteiger partial charge in [0.05, 0.1) is 11.3 Å². The summed E-state index contributed by atoms with van der Waals surface area (Å²) in [5.74, 6) is 0.0993. The molecule has 0 aromatic heterocycles. The number of benzene rings is 1. The first-order valence-corrected chi connectivity index (χ1v) is 5.30. The number of nitrogens with two attached hydrogens (primary N) is 1. The van der Waals surface area contributed by atoms with Crippen LogP contribution < -0.4 is 16.2 Å². The van der Waals surface area contributed by atoms with Crippen molar-refractivity contribution in [3.05, 3.63) is 29.3 Å². The first kappa shape index (κ1) is 13.1. The standard InChI is InChI=1S/C11H9F2N3O3/c12-6-3-5-8(4-7(6)13)16(11(19)10(5)18)2-1-9(17)15-14/h3-4H,1-2,14H2,(H,15,17). The van der Waals surface area contributed by atoms with Crippen molar-refractivity contribution in [1.82, 2.24) is 5.43 Å². The second-order valence-corrected chi connectivity index (χ2v) is 3.89. The van der Waals surface area contributed by atoms with Crippen LogP contribution in [-0.2, 0) is 9.59 Å². The first-order chi connectivity index (χ1) is 8.95. The lowest BCUT2D eigenvalue weighted by Crippen LogP contribution is -2.36. The number of nitrogens with one attached hydrogen (secondary N) is 1. The zero-order chi connectivity index (χ0) is 14.2. The summed E-state index contributed by atoms with van der Waals surface area (Å²) in [7, 11) is 0. The number of hydrogen-bond acceptors (Lipinski definition) is 4. The summed E-state index contributed by atoms with van der Waals surface area (Å²) in [4.78, 5) is 35.2. The van der Waals surface area contributed by atoms with Crippen LogP contribution in [0.2, 0.25) is 0 Å². The summed E-state index contributed by atoms with van der Waals surface area (Å²) >= 11 is 0. The van der Waals surface area contributed by atoms with Crippen LogP contribution in [0.25, 0.3) is 0 Å². The normalized spacial score (nSPS) is 13.7. The molecule has 6 nitrogen and oxygen atoms in total. The number of ketones is 1. The molecule has 0 bridgehead atoms. The summed E-state index contributed by atoms with van der Waals surface area (Å²) in [6, 6.07) is 1.43. The van der Waals surface area contributed by atoms with Crippen molar-refractivity contribution >= 4 is 23.3 Å². The van der Waals surface area contributed by atoms with Gasteiger partial charge in [-0.3, -0.25) is 19.8 Å². The molecule has 0 unspecified atom stereocenters. The quantitative estimate of drug-likeness (QED) is 0.346. The molecule has 1 heterocycles. The highest BCUT2D eigenvalue weighted by Gasteiger charge is 2.36. The van der Waals surface area contributed by atoms with Crippen LogP contribution in [0.1, 0.15) is 16.8 Å². The minimum Gasteiger partial charge on any atom is -0.304 e. The van der Waals surface area contributed by atoms with E-state index in [-0.39, 0.29) is 24.2 Å². The van der Waals surface area contributed by atoms with E-state index >= 15 is 0 Å². The Bertz CT molecular complexity index is 589. The van der Waals surface area contributed by atoms with Crippen LogP contribution in [0.4, 0.5) is 14.5 Å². The number of anilines is 1. The fourth-order valence-electron chi connectivity index (χ4n) is 1.80. The first-order valence-electron chi connectivity index (χ1n) is 5.30. The summed E-state index contributed by atoms with van der Waals surface area (Å²) in [6.45, 7) is -0.147. The number of rotatable bonds is 3. The molecule has 0 atom stereocenters. The number of fused-ring (bicyclic) bond motifs is 1. The zero-order valence-corrected chi connectivity index (χ0v) is 9.57. The fourth-order valence-corrected chi connectivity index (χ4v) is 1.80. The second-order valence-electron chi connectivity index (χ2n) is 3.89. The molecule has 8 heteroatoms. The lowest BCUT2D eigenvalue weighted by molar-refractivity contribution is -0.121. The number of Topliss-reactive ketones (excluding diaryl/α,β-unsaturated/α-hetero) is 1. The van der Waals surface area contributed by atoms with Gasteiger partial charge in [0.2, 0.25) is 5.91 Å². The molecule has 1 aliphatic heterocycles.